The van der Waals surface area contributed by atoms with Crippen LogP contribution in [0.25, 0.3) is 0 Å². The molecule has 2 aromatic rings. The first kappa shape index (κ1) is 27.6. The quantitative estimate of drug-likeness (QED) is 0.560. The average molecular weight is 514 g/mol. The number of carboxylic acid groups (broad SMARTS) is 1. The third-order valence-corrected chi connectivity index (χ3v) is 5.95. The van der Waals surface area contributed by atoms with Crippen molar-refractivity contribution >= 4 is 23.7 Å². The number of rotatable bonds is 8. The van der Waals surface area contributed by atoms with Crippen LogP contribution in [0.5, 0.6) is 5.75 Å². The molecule has 0 spiro atoms. The van der Waals surface area contributed by atoms with Gasteiger partial charge in [0, 0.05) is 25.1 Å². The zero-order chi connectivity index (χ0) is 27.3. The number of ether oxygens (including phenoxy) is 1. The molecule has 2 unspecified atom stereocenters. The molecule has 0 aromatic heterocycles. The molecule has 0 aliphatic carbocycles. The number of aliphatic carboxylic acids is 1. The number of nitrogens with zero attached hydrogens (tertiary/aromatic N) is 2. The van der Waals surface area contributed by atoms with Crippen LogP contribution in [0.1, 0.15) is 55.6 Å². The highest BCUT2D eigenvalue weighted by molar-refractivity contribution is 5.99. The van der Waals surface area contributed by atoms with Crippen LogP contribution in [0.3, 0.4) is 0 Å². The summed E-state index contributed by atoms with van der Waals surface area (Å²) in [7, 11) is 1.47. The van der Waals surface area contributed by atoms with E-state index in [2.05, 4.69) is 5.32 Å². The van der Waals surface area contributed by atoms with Crippen molar-refractivity contribution in [3.63, 3.8) is 0 Å². The smallest absolute Gasteiger partial charge is 0.305 e. The van der Waals surface area contributed by atoms with E-state index in [0.29, 0.717) is 11.3 Å². The normalized spacial score (nSPS) is 16.3. The molecule has 1 saturated heterocycles. The number of carbonyl (C=O) groups excluding carboxylic acids is 3. The summed E-state index contributed by atoms with van der Waals surface area (Å²) in [6.07, 6.45) is -1.61. The lowest BCUT2D eigenvalue weighted by molar-refractivity contribution is -0.143. The van der Waals surface area contributed by atoms with E-state index in [-0.39, 0.29) is 36.4 Å². The lowest BCUT2D eigenvalue weighted by Crippen LogP contribution is -2.54. The first-order valence-corrected chi connectivity index (χ1v) is 11.9. The third-order valence-electron chi connectivity index (χ3n) is 5.95. The van der Waals surface area contributed by atoms with E-state index in [0.717, 1.165) is 0 Å². The van der Waals surface area contributed by atoms with Gasteiger partial charge in [0.05, 0.1) is 19.6 Å². The Kier molecular flexibility index (Phi) is 8.52. The second kappa shape index (κ2) is 11.4. The Morgan fingerprint density at radius 3 is 2.32 bits per heavy atom. The SMILES string of the molecule is COc1cccc(C(=O)N2CCN(C(=O)CC(C)(C)C)C2C(=O)NC(CC(=O)O)c2ccc(F)cc2)c1. The second-order valence-electron chi connectivity index (χ2n) is 10.1. The minimum Gasteiger partial charge on any atom is -0.497 e. The molecule has 2 atom stereocenters. The fourth-order valence-corrected chi connectivity index (χ4v) is 4.23. The number of methoxy groups -OCH3 is 1. The molecule has 1 heterocycles. The van der Waals surface area contributed by atoms with E-state index >= 15 is 0 Å². The van der Waals surface area contributed by atoms with Crippen molar-refractivity contribution in [3.8, 4) is 5.75 Å². The Balaban J connectivity index is 1.95. The summed E-state index contributed by atoms with van der Waals surface area (Å²) < 4.78 is 18.7. The van der Waals surface area contributed by atoms with Gasteiger partial charge in [0.15, 0.2) is 6.17 Å². The molecular formula is C27H32FN3O6. The van der Waals surface area contributed by atoms with E-state index in [4.69, 9.17) is 4.74 Å². The minimum absolute atomic E-state index is 0.115. The van der Waals surface area contributed by atoms with Gasteiger partial charge in [-0.2, -0.15) is 0 Å². The molecule has 0 bridgehead atoms. The highest BCUT2D eigenvalue weighted by atomic mass is 19.1. The zero-order valence-corrected chi connectivity index (χ0v) is 21.4. The first-order valence-electron chi connectivity index (χ1n) is 11.9. The van der Waals surface area contributed by atoms with Crippen LogP contribution in [0.15, 0.2) is 48.5 Å². The summed E-state index contributed by atoms with van der Waals surface area (Å²) in [6, 6.07) is 10.6. The van der Waals surface area contributed by atoms with Crippen molar-refractivity contribution < 1.29 is 33.4 Å². The van der Waals surface area contributed by atoms with Crippen molar-refractivity contribution in [1.29, 1.82) is 0 Å². The Morgan fingerprint density at radius 1 is 1.08 bits per heavy atom. The fourth-order valence-electron chi connectivity index (χ4n) is 4.23. The third kappa shape index (κ3) is 7.05. The summed E-state index contributed by atoms with van der Waals surface area (Å²) in [6.45, 7) is 5.94. The molecule has 0 radical (unpaired) electrons. The molecule has 10 heteroatoms. The standard InChI is InChI=1S/C27H32FN3O6/c1-27(2,3)16-22(32)30-12-13-31(26(36)18-6-5-7-20(14-18)37-4)25(30)24(35)29-21(15-23(33)34)17-8-10-19(28)11-9-17/h5-11,14,21,25H,12-13,15-16H2,1-4H3,(H,29,35)(H,33,34). The molecule has 198 valence electrons. The molecule has 3 amide bonds. The van der Waals surface area contributed by atoms with Crippen LogP contribution in [-0.4, -0.2) is 65.0 Å². The maximum atomic E-state index is 13.6. The van der Waals surface area contributed by atoms with Gasteiger partial charge in [-0.05, 0) is 41.3 Å². The van der Waals surface area contributed by atoms with Gasteiger partial charge in [-0.3, -0.25) is 19.2 Å². The van der Waals surface area contributed by atoms with Gasteiger partial charge in [0.25, 0.3) is 11.8 Å². The highest BCUT2D eigenvalue weighted by Gasteiger charge is 2.44. The lowest BCUT2D eigenvalue weighted by Gasteiger charge is -2.32. The zero-order valence-electron chi connectivity index (χ0n) is 21.4. The fraction of sp³-hybridized carbons (Fsp3) is 0.407. The van der Waals surface area contributed by atoms with E-state index in [1.165, 1.54) is 41.2 Å². The summed E-state index contributed by atoms with van der Waals surface area (Å²) in [4.78, 5) is 54.5. The molecule has 1 aliphatic rings. The molecular weight excluding hydrogens is 481 g/mol. The first-order chi connectivity index (χ1) is 17.4. The van der Waals surface area contributed by atoms with Crippen LogP contribution in [0.2, 0.25) is 0 Å². The minimum atomic E-state index is -1.29. The molecule has 1 aliphatic heterocycles. The lowest BCUT2D eigenvalue weighted by atomic mass is 9.91. The maximum absolute atomic E-state index is 13.6. The second-order valence-corrected chi connectivity index (χ2v) is 10.1. The Hall–Kier alpha value is -3.95. The molecule has 1 fully saturated rings. The number of amides is 3. The van der Waals surface area contributed by atoms with Crippen molar-refractivity contribution in [2.45, 2.75) is 45.8 Å². The predicted molar refractivity (Wildman–Crippen MR) is 133 cm³/mol. The van der Waals surface area contributed by atoms with Crippen LogP contribution < -0.4 is 10.1 Å². The van der Waals surface area contributed by atoms with Gasteiger partial charge in [-0.1, -0.05) is 39.0 Å². The van der Waals surface area contributed by atoms with Gasteiger partial charge in [0.1, 0.15) is 11.6 Å². The van der Waals surface area contributed by atoms with E-state index in [1.807, 2.05) is 20.8 Å². The van der Waals surface area contributed by atoms with Crippen LogP contribution in [0.4, 0.5) is 4.39 Å². The van der Waals surface area contributed by atoms with Crippen LogP contribution in [-0.2, 0) is 14.4 Å². The van der Waals surface area contributed by atoms with Gasteiger partial charge in [-0.15, -0.1) is 0 Å². The predicted octanol–water partition coefficient (Wildman–Crippen LogP) is 3.21. The number of halogens is 1. The number of hydrogen-bond acceptors (Lipinski definition) is 5. The number of carbonyl (C=O) groups is 4. The number of carboxylic acids is 1. The average Bonchev–Trinajstić information content (AvgIpc) is 3.28. The summed E-state index contributed by atoms with van der Waals surface area (Å²) in [5, 5.41) is 12.1. The van der Waals surface area contributed by atoms with Crippen molar-refractivity contribution in [2.24, 2.45) is 5.41 Å². The number of nitrogens with one attached hydrogen (secondary N) is 1. The molecule has 37 heavy (non-hydrogen) atoms. The molecule has 2 aromatic carbocycles. The van der Waals surface area contributed by atoms with E-state index in [9.17, 15) is 28.7 Å². The molecule has 2 N–H and O–H groups in total. The van der Waals surface area contributed by atoms with E-state index in [1.54, 1.807) is 24.3 Å². The summed E-state index contributed by atoms with van der Waals surface area (Å²) in [5.74, 6) is -2.69. The maximum Gasteiger partial charge on any atom is 0.305 e. The van der Waals surface area contributed by atoms with Gasteiger partial charge in [-0.25, -0.2) is 4.39 Å². The molecule has 0 saturated carbocycles. The van der Waals surface area contributed by atoms with Gasteiger partial charge in [0.2, 0.25) is 5.91 Å². The van der Waals surface area contributed by atoms with Crippen molar-refractivity contribution in [3.05, 3.63) is 65.5 Å². The number of benzene rings is 2. The van der Waals surface area contributed by atoms with Crippen molar-refractivity contribution in [2.75, 3.05) is 20.2 Å². The van der Waals surface area contributed by atoms with Gasteiger partial charge >= 0.3 is 5.97 Å². The number of hydrogen-bond donors (Lipinski definition) is 2. The Bertz CT molecular complexity index is 1160. The monoisotopic (exact) mass is 513 g/mol. The Morgan fingerprint density at radius 2 is 1.73 bits per heavy atom. The molecule has 3 rings (SSSR count). The highest BCUT2D eigenvalue weighted by Crippen LogP contribution is 2.27. The van der Waals surface area contributed by atoms with Gasteiger partial charge < -0.3 is 25.0 Å². The van der Waals surface area contributed by atoms with Crippen molar-refractivity contribution in [1.82, 2.24) is 15.1 Å². The van der Waals surface area contributed by atoms with Crippen LogP contribution in [0, 0.1) is 11.2 Å². The Labute approximate surface area is 215 Å². The largest absolute Gasteiger partial charge is 0.497 e. The van der Waals surface area contributed by atoms with E-state index < -0.39 is 42.2 Å². The summed E-state index contributed by atoms with van der Waals surface area (Å²) in [5.41, 5.74) is 0.304. The summed E-state index contributed by atoms with van der Waals surface area (Å²) >= 11 is 0. The topological polar surface area (TPSA) is 116 Å². The van der Waals surface area contributed by atoms with Crippen LogP contribution >= 0.6 is 0 Å². The molecule has 9 nitrogen and oxygen atoms in total.